The average molecular weight is 343 g/mol. The minimum absolute atomic E-state index is 0.534. The van der Waals surface area contributed by atoms with Gasteiger partial charge in [-0.25, -0.2) is 0 Å². The minimum Gasteiger partial charge on any atom is -0.362 e. The van der Waals surface area contributed by atoms with Crippen LogP contribution in [0.15, 0.2) is 35.4 Å². The minimum atomic E-state index is 0.534. The molecule has 5 heteroatoms. The van der Waals surface area contributed by atoms with Crippen molar-refractivity contribution in [1.29, 1.82) is 0 Å². The predicted molar refractivity (Wildman–Crippen MR) is 106 cm³/mol. The summed E-state index contributed by atoms with van der Waals surface area (Å²) in [6.07, 6.45) is 1.81. The molecule has 0 saturated heterocycles. The maximum atomic E-state index is 5.10. The second-order valence-electron chi connectivity index (χ2n) is 6.14. The molecule has 0 fully saturated rings. The molecule has 2 rings (SSSR count). The summed E-state index contributed by atoms with van der Waals surface area (Å²) in [5.41, 5.74) is 8.77. The van der Waals surface area contributed by atoms with Crippen LogP contribution in [-0.2, 0) is 0 Å². The molecular weight excluding hydrogens is 316 g/mol. The molecule has 0 saturated carbocycles. The lowest BCUT2D eigenvalue weighted by Crippen LogP contribution is -2.31. The van der Waals surface area contributed by atoms with Crippen LogP contribution in [0.2, 0.25) is 0 Å². The first-order valence-electron chi connectivity index (χ1n) is 8.30. The first-order chi connectivity index (χ1) is 11.4. The highest BCUT2D eigenvalue weighted by Gasteiger charge is 2.10. The molecule has 0 aliphatic rings. The number of hydrogen-bond acceptors (Lipinski definition) is 2. The molecule has 0 unspecified atom stereocenters. The van der Waals surface area contributed by atoms with Crippen LogP contribution < -0.4 is 10.7 Å². The number of hydrazone groups is 1. The summed E-state index contributed by atoms with van der Waals surface area (Å²) in [5.74, 6) is 0.542. The van der Waals surface area contributed by atoms with Crippen LogP contribution in [0.3, 0.4) is 0 Å². The van der Waals surface area contributed by atoms with E-state index < -0.39 is 0 Å². The summed E-state index contributed by atoms with van der Waals surface area (Å²) >= 11 is 5.10. The zero-order valence-electron chi connectivity index (χ0n) is 15.1. The van der Waals surface area contributed by atoms with Gasteiger partial charge >= 0.3 is 0 Å². The third-order valence-corrected chi connectivity index (χ3v) is 4.23. The maximum absolute atomic E-state index is 5.10. The van der Waals surface area contributed by atoms with E-state index in [1.54, 1.807) is 0 Å². The van der Waals surface area contributed by atoms with Crippen LogP contribution in [0.4, 0.5) is 0 Å². The largest absolute Gasteiger partial charge is 0.362 e. The SMILES string of the molecule is CCNC(=S)N/N=C\c1cc(C)n(-c2ccc(C(C)C)cc2)c1C. The van der Waals surface area contributed by atoms with Gasteiger partial charge in [0.25, 0.3) is 0 Å². The molecule has 2 N–H and O–H groups in total. The standard InChI is InChI=1S/C19H26N4S/c1-6-20-19(24)22-21-12-17-11-14(4)23(15(17)5)18-9-7-16(8-10-18)13(2)3/h7-13H,6H2,1-5H3,(H2,20,22,24)/b21-12-. The molecule has 24 heavy (non-hydrogen) atoms. The number of thiocarbonyl (C=S) groups is 1. The second kappa shape index (κ2) is 8.11. The van der Waals surface area contributed by atoms with Gasteiger partial charge in [0.2, 0.25) is 0 Å². The van der Waals surface area contributed by atoms with Crippen LogP contribution in [0.1, 0.15) is 49.2 Å². The summed E-state index contributed by atoms with van der Waals surface area (Å²) in [6, 6.07) is 10.9. The molecule has 1 heterocycles. The van der Waals surface area contributed by atoms with Crippen LogP contribution in [0.25, 0.3) is 5.69 Å². The molecule has 0 aliphatic heterocycles. The number of nitrogens with zero attached hydrogens (tertiary/aromatic N) is 2. The topological polar surface area (TPSA) is 41.4 Å². The fraction of sp³-hybridized carbons (Fsp3) is 0.368. The summed E-state index contributed by atoms with van der Waals surface area (Å²) < 4.78 is 2.24. The van der Waals surface area contributed by atoms with Gasteiger partial charge in [-0.2, -0.15) is 5.10 Å². The third-order valence-electron chi connectivity index (χ3n) is 4.00. The highest BCUT2D eigenvalue weighted by molar-refractivity contribution is 7.80. The normalized spacial score (nSPS) is 11.2. The summed E-state index contributed by atoms with van der Waals surface area (Å²) in [6.45, 7) is 11.4. The summed E-state index contributed by atoms with van der Waals surface area (Å²) in [5, 5.41) is 7.75. The van der Waals surface area contributed by atoms with E-state index in [0.29, 0.717) is 11.0 Å². The average Bonchev–Trinajstić information content (AvgIpc) is 2.82. The monoisotopic (exact) mass is 342 g/mol. The Balaban J connectivity index is 2.22. The molecule has 0 atom stereocenters. The van der Waals surface area contributed by atoms with Crippen LogP contribution in [-0.4, -0.2) is 22.4 Å². The lowest BCUT2D eigenvalue weighted by atomic mass is 10.0. The molecule has 1 aromatic heterocycles. The molecule has 0 radical (unpaired) electrons. The van der Waals surface area contributed by atoms with Crippen LogP contribution >= 0.6 is 12.2 Å². The molecule has 2 aromatic rings. The zero-order chi connectivity index (χ0) is 17.7. The van der Waals surface area contributed by atoms with Crippen molar-refractivity contribution in [2.24, 2.45) is 5.10 Å². The van der Waals surface area contributed by atoms with E-state index in [2.05, 4.69) is 78.4 Å². The van der Waals surface area contributed by atoms with Crippen molar-refractivity contribution in [1.82, 2.24) is 15.3 Å². The Hall–Kier alpha value is -2.14. The van der Waals surface area contributed by atoms with Crippen molar-refractivity contribution >= 4 is 23.5 Å². The van der Waals surface area contributed by atoms with Gasteiger partial charge in [-0.1, -0.05) is 26.0 Å². The third kappa shape index (κ3) is 4.23. The lowest BCUT2D eigenvalue weighted by Gasteiger charge is -2.12. The molecule has 128 valence electrons. The van der Waals surface area contributed by atoms with Gasteiger partial charge in [-0.05, 0) is 62.7 Å². The Morgan fingerprint density at radius 1 is 1.25 bits per heavy atom. The second-order valence-corrected chi connectivity index (χ2v) is 6.55. The van der Waals surface area contributed by atoms with Gasteiger partial charge in [-0.15, -0.1) is 0 Å². The number of rotatable bonds is 5. The first kappa shape index (κ1) is 18.2. The quantitative estimate of drug-likeness (QED) is 0.490. The van der Waals surface area contributed by atoms with E-state index in [9.17, 15) is 0 Å². The van der Waals surface area contributed by atoms with Crippen molar-refractivity contribution in [2.45, 2.75) is 40.5 Å². The lowest BCUT2D eigenvalue weighted by molar-refractivity contribution is 0.863. The van der Waals surface area contributed by atoms with Gasteiger partial charge < -0.3 is 9.88 Å². The Morgan fingerprint density at radius 2 is 1.92 bits per heavy atom. The van der Waals surface area contributed by atoms with Crippen molar-refractivity contribution < 1.29 is 0 Å². The fourth-order valence-corrected chi connectivity index (χ4v) is 2.88. The molecule has 0 bridgehead atoms. The van der Waals surface area contributed by atoms with E-state index in [1.165, 1.54) is 16.9 Å². The van der Waals surface area contributed by atoms with Gasteiger partial charge in [0.05, 0.1) is 6.21 Å². The highest BCUT2D eigenvalue weighted by atomic mass is 32.1. The Bertz CT molecular complexity index is 727. The van der Waals surface area contributed by atoms with Gasteiger partial charge in [0.15, 0.2) is 5.11 Å². The Kier molecular flexibility index (Phi) is 6.15. The smallest absolute Gasteiger partial charge is 0.186 e. The summed E-state index contributed by atoms with van der Waals surface area (Å²) in [7, 11) is 0. The number of hydrogen-bond donors (Lipinski definition) is 2. The zero-order valence-corrected chi connectivity index (χ0v) is 15.9. The van der Waals surface area contributed by atoms with Gasteiger partial charge in [0, 0.05) is 29.2 Å². The molecule has 0 spiro atoms. The van der Waals surface area contributed by atoms with E-state index >= 15 is 0 Å². The van der Waals surface area contributed by atoms with E-state index in [-0.39, 0.29) is 0 Å². The molecule has 4 nitrogen and oxygen atoms in total. The van der Waals surface area contributed by atoms with Crippen molar-refractivity contribution in [2.75, 3.05) is 6.54 Å². The van der Waals surface area contributed by atoms with Crippen molar-refractivity contribution in [3.8, 4) is 5.69 Å². The predicted octanol–water partition coefficient (Wildman–Crippen LogP) is 4.04. The Morgan fingerprint density at radius 3 is 2.50 bits per heavy atom. The van der Waals surface area contributed by atoms with E-state index in [0.717, 1.165) is 17.8 Å². The molecular formula is C19H26N4S. The number of aryl methyl sites for hydroxylation is 1. The Labute approximate surface area is 150 Å². The first-order valence-corrected chi connectivity index (χ1v) is 8.71. The summed E-state index contributed by atoms with van der Waals surface area (Å²) in [4.78, 5) is 0. The van der Waals surface area contributed by atoms with E-state index in [1.807, 2.05) is 13.1 Å². The van der Waals surface area contributed by atoms with Gasteiger partial charge in [-0.3, -0.25) is 5.43 Å². The number of benzene rings is 1. The maximum Gasteiger partial charge on any atom is 0.186 e. The molecule has 0 amide bonds. The highest BCUT2D eigenvalue weighted by Crippen LogP contribution is 2.22. The molecule has 0 aliphatic carbocycles. The fourth-order valence-electron chi connectivity index (χ4n) is 2.68. The van der Waals surface area contributed by atoms with Crippen molar-refractivity contribution in [3.05, 3.63) is 52.8 Å². The number of nitrogens with one attached hydrogen (secondary N) is 2. The van der Waals surface area contributed by atoms with E-state index in [4.69, 9.17) is 12.2 Å². The number of aromatic nitrogens is 1. The molecule has 1 aromatic carbocycles. The van der Waals surface area contributed by atoms with Crippen LogP contribution in [0, 0.1) is 13.8 Å². The van der Waals surface area contributed by atoms with Crippen LogP contribution in [0.5, 0.6) is 0 Å². The van der Waals surface area contributed by atoms with Gasteiger partial charge in [0.1, 0.15) is 0 Å². The van der Waals surface area contributed by atoms with Crippen molar-refractivity contribution in [3.63, 3.8) is 0 Å².